The highest BCUT2D eigenvalue weighted by atomic mass is 35.5. The molecule has 1 amide bonds. The summed E-state index contributed by atoms with van der Waals surface area (Å²) in [6.45, 7) is 3.16. The van der Waals surface area contributed by atoms with Crippen LogP contribution in [0.2, 0.25) is 5.02 Å². The molecule has 5 heteroatoms. The Morgan fingerprint density at radius 1 is 1.53 bits per heavy atom. The maximum atomic E-state index is 12.3. The lowest BCUT2D eigenvalue weighted by Crippen LogP contribution is -2.47. The minimum atomic E-state index is -0.176. The number of carbonyl (C=O) groups excluding carboxylic acids is 1. The fraction of sp³-hybridized carbons (Fsp3) is 0.500. The Hall–Kier alpha value is -1.26. The molecule has 19 heavy (non-hydrogen) atoms. The lowest BCUT2D eigenvalue weighted by molar-refractivity contribution is 0.0897. The van der Waals surface area contributed by atoms with Crippen molar-refractivity contribution < 1.29 is 4.79 Å². The van der Waals surface area contributed by atoms with Crippen LogP contribution in [-0.4, -0.2) is 36.5 Å². The molecule has 4 nitrogen and oxygen atoms in total. The molecule has 1 heterocycles. The topological polar surface area (TPSA) is 58.4 Å². The predicted octanol–water partition coefficient (Wildman–Crippen LogP) is 2.13. The Morgan fingerprint density at radius 3 is 2.89 bits per heavy atom. The van der Waals surface area contributed by atoms with Crippen molar-refractivity contribution in [3.8, 4) is 0 Å². The van der Waals surface area contributed by atoms with Crippen LogP contribution < -0.4 is 11.1 Å². The molecule has 1 aromatic rings. The van der Waals surface area contributed by atoms with Crippen molar-refractivity contribution in [2.24, 2.45) is 0 Å². The van der Waals surface area contributed by atoms with Crippen molar-refractivity contribution in [3.05, 3.63) is 28.8 Å². The monoisotopic (exact) mass is 281 g/mol. The van der Waals surface area contributed by atoms with Gasteiger partial charge in [0.25, 0.3) is 5.91 Å². The standard InChI is InChI=1S/C14H20ClN3O/c1-9-8-10(6-7-18(9)2)17-14(19)13-11(15)4-3-5-12(13)16/h3-5,9-10H,6-8,16H2,1-2H3,(H,17,19). The number of hydrogen-bond donors (Lipinski definition) is 2. The summed E-state index contributed by atoms with van der Waals surface area (Å²) >= 11 is 6.04. The summed E-state index contributed by atoms with van der Waals surface area (Å²) in [5.41, 5.74) is 6.63. The molecule has 104 valence electrons. The molecule has 1 aliphatic heterocycles. The van der Waals surface area contributed by atoms with E-state index in [4.69, 9.17) is 17.3 Å². The molecule has 2 atom stereocenters. The summed E-state index contributed by atoms with van der Waals surface area (Å²) in [7, 11) is 2.11. The van der Waals surface area contributed by atoms with E-state index in [1.165, 1.54) is 0 Å². The molecule has 1 aromatic carbocycles. The van der Waals surface area contributed by atoms with E-state index in [1.54, 1.807) is 18.2 Å². The highest BCUT2D eigenvalue weighted by molar-refractivity contribution is 6.34. The number of hydrogen-bond acceptors (Lipinski definition) is 3. The lowest BCUT2D eigenvalue weighted by atomic mass is 9.98. The van der Waals surface area contributed by atoms with Gasteiger partial charge in [-0.25, -0.2) is 0 Å². The van der Waals surface area contributed by atoms with E-state index in [2.05, 4.69) is 24.2 Å². The first-order valence-corrected chi connectivity index (χ1v) is 6.92. The van der Waals surface area contributed by atoms with Crippen molar-refractivity contribution in [3.63, 3.8) is 0 Å². The second-order valence-electron chi connectivity index (χ2n) is 5.23. The molecule has 0 radical (unpaired) electrons. The van der Waals surface area contributed by atoms with Crippen molar-refractivity contribution in [2.75, 3.05) is 19.3 Å². The zero-order valence-electron chi connectivity index (χ0n) is 11.3. The average Bonchev–Trinajstić information content (AvgIpc) is 2.33. The van der Waals surface area contributed by atoms with Crippen LogP contribution in [0.5, 0.6) is 0 Å². The molecule has 0 saturated carbocycles. The first kappa shape index (κ1) is 14.2. The van der Waals surface area contributed by atoms with Gasteiger partial charge in [-0.05, 0) is 38.9 Å². The van der Waals surface area contributed by atoms with Crippen LogP contribution in [0.3, 0.4) is 0 Å². The van der Waals surface area contributed by atoms with E-state index < -0.39 is 0 Å². The molecule has 0 aliphatic carbocycles. The zero-order chi connectivity index (χ0) is 14.0. The van der Waals surface area contributed by atoms with E-state index in [1.807, 2.05) is 0 Å². The largest absolute Gasteiger partial charge is 0.398 e. The van der Waals surface area contributed by atoms with Gasteiger partial charge in [-0.15, -0.1) is 0 Å². The fourth-order valence-electron chi connectivity index (χ4n) is 2.46. The Morgan fingerprint density at radius 2 is 2.26 bits per heavy atom. The van der Waals surface area contributed by atoms with E-state index >= 15 is 0 Å². The van der Waals surface area contributed by atoms with Crippen LogP contribution in [-0.2, 0) is 0 Å². The van der Waals surface area contributed by atoms with Gasteiger partial charge in [0.1, 0.15) is 0 Å². The predicted molar refractivity (Wildman–Crippen MR) is 78.4 cm³/mol. The molecule has 3 N–H and O–H groups in total. The van der Waals surface area contributed by atoms with Gasteiger partial charge in [-0.3, -0.25) is 4.79 Å². The summed E-state index contributed by atoms with van der Waals surface area (Å²) in [6, 6.07) is 5.78. The third-order valence-electron chi connectivity index (χ3n) is 3.82. The summed E-state index contributed by atoms with van der Waals surface area (Å²) in [6.07, 6.45) is 1.91. The first-order valence-electron chi connectivity index (χ1n) is 6.54. The fourth-order valence-corrected chi connectivity index (χ4v) is 2.73. The van der Waals surface area contributed by atoms with Crippen LogP contribution in [0.25, 0.3) is 0 Å². The summed E-state index contributed by atoms with van der Waals surface area (Å²) in [4.78, 5) is 14.6. The van der Waals surface area contributed by atoms with Gasteiger partial charge in [0, 0.05) is 24.3 Å². The van der Waals surface area contributed by atoms with Crippen LogP contribution in [0, 0.1) is 0 Å². The van der Waals surface area contributed by atoms with E-state index in [0.29, 0.717) is 22.3 Å². The number of nitrogens with one attached hydrogen (secondary N) is 1. The Labute approximate surface area is 118 Å². The summed E-state index contributed by atoms with van der Waals surface area (Å²) < 4.78 is 0. The number of halogens is 1. The molecular formula is C14H20ClN3O. The minimum Gasteiger partial charge on any atom is -0.398 e. The van der Waals surface area contributed by atoms with Gasteiger partial charge in [0.15, 0.2) is 0 Å². The maximum absolute atomic E-state index is 12.3. The molecular weight excluding hydrogens is 262 g/mol. The smallest absolute Gasteiger partial charge is 0.255 e. The van der Waals surface area contributed by atoms with Crippen LogP contribution in [0.1, 0.15) is 30.1 Å². The van der Waals surface area contributed by atoms with Crippen molar-refractivity contribution >= 4 is 23.2 Å². The van der Waals surface area contributed by atoms with Crippen LogP contribution in [0.4, 0.5) is 5.69 Å². The van der Waals surface area contributed by atoms with E-state index in [-0.39, 0.29) is 11.9 Å². The summed E-state index contributed by atoms with van der Waals surface area (Å²) in [5.74, 6) is -0.176. The lowest BCUT2D eigenvalue weighted by Gasteiger charge is -2.35. The maximum Gasteiger partial charge on any atom is 0.255 e. The number of rotatable bonds is 2. The molecule has 1 aliphatic rings. The number of benzene rings is 1. The third kappa shape index (κ3) is 3.19. The number of nitrogen functional groups attached to an aromatic ring is 1. The molecule has 2 unspecified atom stereocenters. The van der Waals surface area contributed by atoms with Gasteiger partial charge in [-0.2, -0.15) is 0 Å². The first-order chi connectivity index (χ1) is 8.99. The number of piperidine rings is 1. The highest BCUT2D eigenvalue weighted by Gasteiger charge is 2.25. The molecule has 2 rings (SSSR count). The van der Waals surface area contributed by atoms with Crippen molar-refractivity contribution in [2.45, 2.75) is 31.8 Å². The van der Waals surface area contributed by atoms with Crippen LogP contribution in [0.15, 0.2) is 18.2 Å². The van der Waals surface area contributed by atoms with Crippen molar-refractivity contribution in [1.82, 2.24) is 10.2 Å². The number of likely N-dealkylation sites (tertiary alicyclic amines) is 1. The van der Waals surface area contributed by atoms with E-state index in [0.717, 1.165) is 19.4 Å². The normalized spacial score (nSPS) is 24.2. The number of amides is 1. The number of anilines is 1. The SMILES string of the molecule is CC1CC(NC(=O)c2c(N)cccc2Cl)CCN1C. The summed E-state index contributed by atoms with van der Waals surface area (Å²) in [5, 5.41) is 3.44. The molecule has 0 aromatic heterocycles. The quantitative estimate of drug-likeness (QED) is 0.817. The number of carbonyl (C=O) groups is 1. The van der Waals surface area contributed by atoms with Crippen LogP contribution >= 0.6 is 11.6 Å². The number of nitrogens with zero attached hydrogens (tertiary/aromatic N) is 1. The molecule has 1 saturated heterocycles. The Kier molecular flexibility index (Phi) is 4.32. The third-order valence-corrected chi connectivity index (χ3v) is 4.13. The second kappa shape index (κ2) is 5.80. The van der Waals surface area contributed by atoms with Gasteiger partial charge >= 0.3 is 0 Å². The van der Waals surface area contributed by atoms with E-state index in [9.17, 15) is 4.79 Å². The van der Waals surface area contributed by atoms with Crippen molar-refractivity contribution in [1.29, 1.82) is 0 Å². The highest BCUT2D eigenvalue weighted by Crippen LogP contribution is 2.23. The van der Waals surface area contributed by atoms with Gasteiger partial charge < -0.3 is 16.0 Å². The second-order valence-corrected chi connectivity index (χ2v) is 5.64. The Balaban J connectivity index is 2.06. The van der Waals surface area contributed by atoms with Gasteiger partial charge in [-0.1, -0.05) is 17.7 Å². The minimum absolute atomic E-state index is 0.176. The Bertz CT molecular complexity index is 458. The average molecular weight is 282 g/mol. The zero-order valence-corrected chi connectivity index (χ0v) is 12.1. The number of nitrogens with two attached hydrogens (primary N) is 1. The molecule has 1 fully saturated rings. The van der Waals surface area contributed by atoms with Gasteiger partial charge in [0.2, 0.25) is 0 Å². The molecule has 0 spiro atoms. The molecule has 0 bridgehead atoms. The van der Waals surface area contributed by atoms with Gasteiger partial charge in [0.05, 0.1) is 10.6 Å².